The van der Waals surface area contributed by atoms with E-state index >= 15 is 0 Å². The molecule has 35 heavy (non-hydrogen) atoms. The van der Waals surface area contributed by atoms with Gasteiger partial charge in [0.1, 0.15) is 5.82 Å². The molecule has 0 fully saturated rings. The first kappa shape index (κ1) is 23.3. The van der Waals surface area contributed by atoms with Gasteiger partial charge in [-0.3, -0.25) is 0 Å². The molecule has 0 radical (unpaired) electrons. The fourth-order valence-corrected chi connectivity index (χ4v) is 5.75. The number of hydrogen-bond donors (Lipinski definition) is 0. The van der Waals surface area contributed by atoms with E-state index in [9.17, 15) is 4.39 Å². The van der Waals surface area contributed by atoms with Crippen molar-refractivity contribution in [3.8, 4) is 22.3 Å². The van der Waals surface area contributed by atoms with Crippen molar-refractivity contribution in [3.05, 3.63) is 108 Å². The molecule has 0 aliphatic rings. The molecular formula is C34H33F. The maximum atomic E-state index is 14.2. The number of benzene rings is 5. The Morgan fingerprint density at radius 1 is 0.571 bits per heavy atom. The highest BCUT2D eigenvalue weighted by molar-refractivity contribution is 6.12. The van der Waals surface area contributed by atoms with Crippen LogP contribution in [0.25, 0.3) is 43.8 Å². The zero-order valence-corrected chi connectivity index (χ0v) is 21.3. The quantitative estimate of drug-likeness (QED) is 0.234. The van der Waals surface area contributed by atoms with Gasteiger partial charge in [-0.1, -0.05) is 107 Å². The molecule has 0 bridgehead atoms. The van der Waals surface area contributed by atoms with Crippen LogP contribution in [-0.2, 0) is 5.41 Å². The second-order valence-corrected chi connectivity index (χ2v) is 11.6. The van der Waals surface area contributed by atoms with Crippen LogP contribution in [0.15, 0.2) is 97.1 Å². The first-order valence-corrected chi connectivity index (χ1v) is 12.4. The molecule has 0 heterocycles. The number of halogens is 1. The summed E-state index contributed by atoms with van der Waals surface area (Å²) >= 11 is 0. The van der Waals surface area contributed by atoms with E-state index in [0.29, 0.717) is 0 Å². The van der Waals surface area contributed by atoms with Gasteiger partial charge in [0.15, 0.2) is 0 Å². The molecule has 0 aliphatic heterocycles. The molecule has 0 amide bonds. The van der Waals surface area contributed by atoms with Crippen LogP contribution in [0.1, 0.15) is 46.6 Å². The largest absolute Gasteiger partial charge is 0.207 e. The Bertz CT molecular complexity index is 1480. The normalized spacial score (nSPS) is 12.4. The maximum absolute atomic E-state index is 14.2. The van der Waals surface area contributed by atoms with Crippen molar-refractivity contribution in [2.24, 2.45) is 5.41 Å². The van der Waals surface area contributed by atoms with Crippen LogP contribution in [0, 0.1) is 11.2 Å². The average molecular weight is 461 g/mol. The average Bonchev–Trinajstić information content (AvgIpc) is 2.80. The molecule has 5 aromatic carbocycles. The van der Waals surface area contributed by atoms with Crippen LogP contribution in [-0.4, -0.2) is 0 Å². The molecule has 0 saturated heterocycles. The molecule has 0 unspecified atom stereocenters. The Labute approximate surface area is 208 Å². The molecular weight excluding hydrogens is 427 g/mol. The molecule has 176 valence electrons. The summed E-state index contributed by atoms with van der Waals surface area (Å²) in [5.41, 5.74) is 5.80. The fraction of sp³-hybridized carbons (Fsp3) is 0.235. The van der Waals surface area contributed by atoms with Crippen molar-refractivity contribution in [1.29, 1.82) is 0 Å². The smallest absolute Gasteiger partial charge is 0.123 e. The van der Waals surface area contributed by atoms with Gasteiger partial charge in [0.2, 0.25) is 0 Å². The second kappa shape index (κ2) is 8.64. The van der Waals surface area contributed by atoms with E-state index in [-0.39, 0.29) is 16.6 Å². The lowest BCUT2D eigenvalue weighted by Crippen LogP contribution is -2.25. The zero-order valence-electron chi connectivity index (χ0n) is 21.3. The third-order valence-corrected chi connectivity index (χ3v) is 6.90. The number of rotatable bonds is 4. The number of fused-ring (bicyclic) bond motifs is 2. The van der Waals surface area contributed by atoms with Crippen LogP contribution < -0.4 is 0 Å². The summed E-state index contributed by atoms with van der Waals surface area (Å²) in [6.07, 6.45) is 1.04. The van der Waals surface area contributed by atoms with E-state index in [0.717, 1.165) is 17.5 Å². The Morgan fingerprint density at radius 2 is 1.17 bits per heavy atom. The fourth-order valence-electron chi connectivity index (χ4n) is 5.75. The van der Waals surface area contributed by atoms with Crippen molar-refractivity contribution in [3.63, 3.8) is 0 Å². The SMILES string of the molecule is CC(C)(C)CC(C)(C)c1cc(-c2cccc(F)c2)cc(-c2c3ccccc3cc3ccccc23)c1. The highest BCUT2D eigenvalue weighted by Crippen LogP contribution is 2.43. The molecule has 0 spiro atoms. The van der Waals surface area contributed by atoms with Crippen LogP contribution >= 0.6 is 0 Å². The summed E-state index contributed by atoms with van der Waals surface area (Å²) in [4.78, 5) is 0. The molecule has 5 aromatic rings. The van der Waals surface area contributed by atoms with Crippen molar-refractivity contribution in [2.45, 2.75) is 46.5 Å². The van der Waals surface area contributed by atoms with E-state index in [4.69, 9.17) is 0 Å². The van der Waals surface area contributed by atoms with Crippen LogP contribution in [0.3, 0.4) is 0 Å². The lowest BCUT2D eigenvalue weighted by Gasteiger charge is -2.34. The van der Waals surface area contributed by atoms with Crippen LogP contribution in [0.4, 0.5) is 4.39 Å². The first-order valence-electron chi connectivity index (χ1n) is 12.4. The van der Waals surface area contributed by atoms with Gasteiger partial charge >= 0.3 is 0 Å². The molecule has 0 aliphatic carbocycles. The van der Waals surface area contributed by atoms with Gasteiger partial charge in [-0.25, -0.2) is 4.39 Å². The summed E-state index contributed by atoms with van der Waals surface area (Å²) in [5.74, 6) is -0.209. The van der Waals surface area contributed by atoms with Gasteiger partial charge in [0, 0.05) is 0 Å². The minimum Gasteiger partial charge on any atom is -0.207 e. The molecule has 5 rings (SSSR count). The Morgan fingerprint density at radius 3 is 1.77 bits per heavy atom. The van der Waals surface area contributed by atoms with E-state index < -0.39 is 0 Å². The summed E-state index contributed by atoms with van der Waals surface area (Å²) in [7, 11) is 0. The van der Waals surface area contributed by atoms with Crippen molar-refractivity contribution < 1.29 is 4.39 Å². The first-order chi connectivity index (χ1) is 16.6. The minimum atomic E-state index is -0.209. The summed E-state index contributed by atoms with van der Waals surface area (Å²) in [5, 5.41) is 4.94. The maximum Gasteiger partial charge on any atom is 0.123 e. The monoisotopic (exact) mass is 460 g/mol. The minimum absolute atomic E-state index is 0.0449. The van der Waals surface area contributed by atoms with Gasteiger partial charge in [-0.05, 0) is 90.9 Å². The van der Waals surface area contributed by atoms with Crippen molar-refractivity contribution >= 4 is 21.5 Å². The molecule has 1 heteroatoms. The van der Waals surface area contributed by atoms with Crippen LogP contribution in [0.5, 0.6) is 0 Å². The molecule has 0 saturated carbocycles. The van der Waals surface area contributed by atoms with Gasteiger partial charge < -0.3 is 0 Å². The van der Waals surface area contributed by atoms with Gasteiger partial charge in [-0.2, -0.15) is 0 Å². The topological polar surface area (TPSA) is 0 Å². The standard InChI is InChI=1S/C34H33F/c1-33(2,3)22-34(4,5)28-19-26(23-13-10-14-29(35)21-23)18-27(20-28)32-30-15-8-6-11-24(30)17-25-12-7-9-16-31(25)32/h6-21H,22H2,1-5H3. The summed E-state index contributed by atoms with van der Waals surface area (Å²) in [6, 6.07) is 33.3. The highest BCUT2D eigenvalue weighted by Gasteiger charge is 2.28. The number of hydrogen-bond acceptors (Lipinski definition) is 0. The Kier molecular flexibility index (Phi) is 5.75. The van der Waals surface area contributed by atoms with E-state index in [1.807, 2.05) is 6.07 Å². The van der Waals surface area contributed by atoms with E-state index in [1.54, 1.807) is 12.1 Å². The molecule has 0 nitrogen and oxygen atoms in total. The molecule has 0 N–H and O–H groups in total. The molecule has 0 atom stereocenters. The van der Waals surface area contributed by atoms with Gasteiger partial charge in [-0.15, -0.1) is 0 Å². The molecule has 0 aromatic heterocycles. The third-order valence-electron chi connectivity index (χ3n) is 6.90. The van der Waals surface area contributed by atoms with Gasteiger partial charge in [0.05, 0.1) is 0 Å². The predicted octanol–water partition coefficient (Wildman–Crippen LogP) is 10.2. The zero-order chi connectivity index (χ0) is 24.8. The lowest BCUT2D eigenvalue weighted by atomic mass is 9.71. The van der Waals surface area contributed by atoms with Crippen LogP contribution in [0.2, 0.25) is 0 Å². The summed E-state index contributed by atoms with van der Waals surface area (Å²) < 4.78 is 14.2. The van der Waals surface area contributed by atoms with Gasteiger partial charge in [0.25, 0.3) is 0 Å². The van der Waals surface area contributed by atoms with E-state index in [2.05, 4.69) is 107 Å². The second-order valence-electron chi connectivity index (χ2n) is 11.6. The summed E-state index contributed by atoms with van der Waals surface area (Å²) in [6.45, 7) is 11.5. The Hall–Kier alpha value is -3.45. The predicted molar refractivity (Wildman–Crippen MR) is 149 cm³/mol. The van der Waals surface area contributed by atoms with E-state index in [1.165, 1.54) is 44.3 Å². The van der Waals surface area contributed by atoms with Crippen molar-refractivity contribution in [2.75, 3.05) is 0 Å². The lowest BCUT2D eigenvalue weighted by molar-refractivity contribution is 0.284. The Balaban J connectivity index is 1.84. The highest BCUT2D eigenvalue weighted by atomic mass is 19.1. The van der Waals surface area contributed by atoms with Crippen molar-refractivity contribution in [1.82, 2.24) is 0 Å². The third kappa shape index (κ3) is 4.73.